The highest BCUT2D eigenvalue weighted by Gasteiger charge is 2.20. The molecule has 1 atom stereocenters. The maximum Gasteiger partial charge on any atom is 0.232 e. The number of fused-ring (bicyclic) bond motifs is 1. The molecular weight excluding hydrogens is 474 g/mol. The Balaban J connectivity index is 1.37. The first-order valence-electron chi connectivity index (χ1n) is 13.5. The van der Waals surface area contributed by atoms with Crippen LogP contribution in [0.1, 0.15) is 62.1 Å². The molecule has 8 nitrogen and oxygen atoms in total. The first-order valence-corrected chi connectivity index (χ1v) is 13.5. The Morgan fingerprint density at radius 1 is 1.16 bits per heavy atom. The molecule has 38 heavy (non-hydrogen) atoms. The molecule has 0 spiro atoms. The van der Waals surface area contributed by atoms with E-state index >= 15 is 0 Å². The largest absolute Gasteiger partial charge is 0.351 e. The van der Waals surface area contributed by atoms with E-state index < -0.39 is 0 Å². The number of nitrogens with two attached hydrogens (primary N) is 1. The van der Waals surface area contributed by atoms with Crippen molar-refractivity contribution in [1.82, 2.24) is 19.7 Å². The van der Waals surface area contributed by atoms with Crippen LogP contribution in [0.5, 0.6) is 0 Å². The first-order chi connectivity index (χ1) is 18.3. The van der Waals surface area contributed by atoms with E-state index in [0.717, 1.165) is 71.0 Å². The number of carbonyl (C=O) groups is 1. The molecule has 4 aromatic rings. The zero-order valence-corrected chi connectivity index (χ0v) is 22.7. The van der Waals surface area contributed by atoms with Crippen LogP contribution in [0.2, 0.25) is 0 Å². The third-order valence-corrected chi connectivity index (χ3v) is 7.61. The van der Waals surface area contributed by atoms with Crippen molar-refractivity contribution in [3.05, 3.63) is 65.4 Å². The lowest BCUT2D eigenvalue weighted by molar-refractivity contribution is -0.117. The van der Waals surface area contributed by atoms with Crippen LogP contribution in [0.4, 0.5) is 11.8 Å². The van der Waals surface area contributed by atoms with Crippen molar-refractivity contribution in [2.24, 2.45) is 12.8 Å². The molecule has 0 saturated heterocycles. The highest BCUT2D eigenvalue weighted by atomic mass is 16.1. The van der Waals surface area contributed by atoms with Gasteiger partial charge >= 0.3 is 0 Å². The standard InChI is InChI=1S/C30H37N7O/c1-5-20-14-22(15-23-17-32-30(35-28(20)23)33-25-11-9-24(31)10-12-25)26-16-27(36-37(26)4)34-29(38)19(3)21-8-6-7-18(2)13-21/h6-8,13-17,19,24-25H,5,9-12,31H2,1-4H3,(H,32,33,35)(H,34,36,38). The summed E-state index contributed by atoms with van der Waals surface area (Å²) in [6.07, 6.45) is 6.90. The molecule has 4 N–H and O–H groups in total. The normalized spacial score (nSPS) is 18.3. The fourth-order valence-electron chi connectivity index (χ4n) is 5.28. The van der Waals surface area contributed by atoms with E-state index in [-0.39, 0.29) is 11.8 Å². The fourth-order valence-corrected chi connectivity index (χ4v) is 5.28. The summed E-state index contributed by atoms with van der Waals surface area (Å²) >= 11 is 0. The lowest BCUT2D eigenvalue weighted by atomic mass is 9.92. The molecule has 2 aromatic carbocycles. The Morgan fingerprint density at radius 2 is 1.95 bits per heavy atom. The minimum atomic E-state index is -0.280. The van der Waals surface area contributed by atoms with E-state index in [4.69, 9.17) is 10.7 Å². The minimum Gasteiger partial charge on any atom is -0.351 e. The summed E-state index contributed by atoms with van der Waals surface area (Å²) in [5, 5.41) is 12.1. The molecule has 2 heterocycles. The van der Waals surface area contributed by atoms with Crippen molar-refractivity contribution >= 4 is 28.6 Å². The monoisotopic (exact) mass is 511 g/mol. The minimum absolute atomic E-state index is 0.0820. The predicted molar refractivity (Wildman–Crippen MR) is 153 cm³/mol. The molecule has 0 aliphatic heterocycles. The molecule has 1 fully saturated rings. The Labute approximate surface area is 224 Å². The number of aryl methyl sites for hydroxylation is 3. The van der Waals surface area contributed by atoms with E-state index in [0.29, 0.717) is 23.8 Å². The zero-order valence-electron chi connectivity index (χ0n) is 22.7. The average Bonchev–Trinajstić information content (AvgIpc) is 3.28. The summed E-state index contributed by atoms with van der Waals surface area (Å²) < 4.78 is 1.80. The Morgan fingerprint density at radius 3 is 2.68 bits per heavy atom. The van der Waals surface area contributed by atoms with Crippen LogP contribution in [0.25, 0.3) is 22.2 Å². The Kier molecular flexibility index (Phi) is 7.42. The summed E-state index contributed by atoms with van der Waals surface area (Å²) in [5.74, 6) is 0.848. The summed E-state index contributed by atoms with van der Waals surface area (Å²) in [5.41, 5.74) is 12.2. The molecule has 198 valence electrons. The summed E-state index contributed by atoms with van der Waals surface area (Å²) in [4.78, 5) is 22.5. The number of nitrogens with zero attached hydrogens (tertiary/aromatic N) is 4. The van der Waals surface area contributed by atoms with E-state index in [1.165, 1.54) is 0 Å². The second-order valence-electron chi connectivity index (χ2n) is 10.5. The molecule has 1 aliphatic rings. The number of amides is 1. The number of benzene rings is 2. The predicted octanol–water partition coefficient (Wildman–Crippen LogP) is 5.33. The highest BCUT2D eigenvalue weighted by Crippen LogP contribution is 2.30. The maximum absolute atomic E-state index is 13.0. The van der Waals surface area contributed by atoms with E-state index in [1.54, 1.807) is 4.68 Å². The van der Waals surface area contributed by atoms with Gasteiger partial charge in [0.25, 0.3) is 0 Å². The molecule has 1 aliphatic carbocycles. The third kappa shape index (κ3) is 5.55. The number of hydrogen-bond donors (Lipinski definition) is 3. The number of carbonyl (C=O) groups excluding carboxylic acids is 1. The second-order valence-corrected chi connectivity index (χ2v) is 10.5. The average molecular weight is 512 g/mol. The van der Waals surface area contributed by atoms with E-state index in [2.05, 4.69) is 39.8 Å². The zero-order chi connectivity index (χ0) is 26.8. The van der Waals surface area contributed by atoms with Gasteiger partial charge in [0.15, 0.2) is 5.82 Å². The Bertz CT molecular complexity index is 1450. The maximum atomic E-state index is 13.0. The topological polar surface area (TPSA) is 111 Å². The van der Waals surface area contributed by atoms with Crippen molar-refractivity contribution in [2.45, 2.75) is 70.9 Å². The molecule has 1 amide bonds. The van der Waals surface area contributed by atoms with Crippen molar-refractivity contribution in [1.29, 1.82) is 0 Å². The molecule has 2 aromatic heterocycles. The quantitative estimate of drug-likeness (QED) is 0.309. The van der Waals surface area contributed by atoms with Crippen LogP contribution >= 0.6 is 0 Å². The van der Waals surface area contributed by atoms with Gasteiger partial charge in [-0.3, -0.25) is 9.48 Å². The summed E-state index contributed by atoms with van der Waals surface area (Å²) in [6, 6.07) is 14.9. The third-order valence-electron chi connectivity index (χ3n) is 7.61. The lowest BCUT2D eigenvalue weighted by Gasteiger charge is -2.26. The van der Waals surface area contributed by atoms with Crippen LogP contribution < -0.4 is 16.4 Å². The van der Waals surface area contributed by atoms with Crippen LogP contribution in [-0.4, -0.2) is 37.7 Å². The van der Waals surface area contributed by atoms with Gasteiger partial charge in [0.05, 0.1) is 17.1 Å². The first kappa shape index (κ1) is 25.9. The second kappa shape index (κ2) is 10.9. The van der Waals surface area contributed by atoms with Gasteiger partial charge in [0, 0.05) is 42.3 Å². The van der Waals surface area contributed by atoms with Crippen LogP contribution in [-0.2, 0) is 18.3 Å². The number of hydrogen-bond acceptors (Lipinski definition) is 6. The Hall–Kier alpha value is -3.78. The highest BCUT2D eigenvalue weighted by molar-refractivity contribution is 5.95. The van der Waals surface area contributed by atoms with Gasteiger partial charge in [-0.15, -0.1) is 0 Å². The van der Waals surface area contributed by atoms with Gasteiger partial charge in [-0.2, -0.15) is 5.10 Å². The lowest BCUT2D eigenvalue weighted by Crippen LogP contribution is -2.33. The van der Waals surface area contributed by atoms with Gasteiger partial charge in [0.2, 0.25) is 11.9 Å². The van der Waals surface area contributed by atoms with Gasteiger partial charge < -0.3 is 16.4 Å². The van der Waals surface area contributed by atoms with Crippen LogP contribution in [0.15, 0.2) is 48.7 Å². The number of nitrogens with one attached hydrogen (secondary N) is 2. The van der Waals surface area contributed by atoms with Crippen molar-refractivity contribution in [3.8, 4) is 11.3 Å². The van der Waals surface area contributed by atoms with Crippen LogP contribution in [0, 0.1) is 6.92 Å². The number of rotatable bonds is 7. The van der Waals surface area contributed by atoms with Crippen molar-refractivity contribution in [3.63, 3.8) is 0 Å². The fraction of sp³-hybridized carbons (Fsp3) is 0.400. The number of anilines is 2. The molecule has 0 radical (unpaired) electrons. The van der Waals surface area contributed by atoms with Gasteiger partial charge in [-0.25, -0.2) is 9.97 Å². The summed E-state index contributed by atoms with van der Waals surface area (Å²) in [6.45, 7) is 6.08. The van der Waals surface area contributed by atoms with Crippen molar-refractivity contribution < 1.29 is 4.79 Å². The molecule has 8 heteroatoms. The number of aromatic nitrogens is 4. The van der Waals surface area contributed by atoms with Gasteiger partial charge in [-0.05, 0) is 69.2 Å². The molecule has 1 unspecified atom stereocenters. The van der Waals surface area contributed by atoms with Gasteiger partial charge in [0.1, 0.15) is 0 Å². The molecule has 0 bridgehead atoms. The summed E-state index contributed by atoms with van der Waals surface area (Å²) in [7, 11) is 1.89. The van der Waals surface area contributed by atoms with Gasteiger partial charge in [-0.1, -0.05) is 36.8 Å². The van der Waals surface area contributed by atoms with Crippen molar-refractivity contribution in [2.75, 3.05) is 10.6 Å². The SMILES string of the molecule is CCc1cc(-c2cc(NC(=O)C(C)c3cccc(C)c3)nn2C)cc2cnc(NC3CCC(N)CC3)nc12. The van der Waals surface area contributed by atoms with E-state index in [1.807, 2.05) is 57.4 Å². The molecule has 5 rings (SSSR count). The van der Waals surface area contributed by atoms with Crippen LogP contribution in [0.3, 0.4) is 0 Å². The van der Waals surface area contributed by atoms with E-state index in [9.17, 15) is 4.79 Å². The molecular formula is C30H37N7O. The molecule has 1 saturated carbocycles. The smallest absolute Gasteiger partial charge is 0.232 e.